The zero-order valence-corrected chi connectivity index (χ0v) is 9.73. The molecule has 0 spiro atoms. The number of fused-ring (bicyclic) bond motifs is 1. The average Bonchev–Trinajstić information content (AvgIpc) is 2.26. The number of carbonyl (C=O) groups excluding carboxylic acids is 1. The highest BCUT2D eigenvalue weighted by molar-refractivity contribution is 8.00. The van der Waals surface area contributed by atoms with Crippen LogP contribution in [0.2, 0.25) is 0 Å². The summed E-state index contributed by atoms with van der Waals surface area (Å²) in [6.45, 7) is 0. The van der Waals surface area contributed by atoms with Crippen molar-refractivity contribution in [2.75, 3.05) is 16.8 Å². The molecule has 0 radical (unpaired) electrons. The van der Waals surface area contributed by atoms with Crippen LogP contribution in [-0.2, 0) is 9.59 Å². The average molecular weight is 256 g/mol. The van der Waals surface area contributed by atoms with Gasteiger partial charge in [0.05, 0.1) is 22.2 Å². The van der Waals surface area contributed by atoms with Crippen molar-refractivity contribution in [3.05, 3.63) is 12.1 Å². The second kappa shape index (κ2) is 4.75. The van der Waals surface area contributed by atoms with E-state index in [0.29, 0.717) is 16.5 Å². The third-order valence-electron chi connectivity index (χ3n) is 1.79. The first-order valence-electron chi connectivity index (χ1n) is 4.43. The minimum absolute atomic E-state index is 0.0111. The second-order valence-corrected chi connectivity index (χ2v) is 4.98. The number of amides is 1. The topological polar surface area (TPSA) is 79.3 Å². The van der Waals surface area contributed by atoms with E-state index in [1.165, 1.54) is 23.5 Å². The second-order valence-electron chi connectivity index (χ2n) is 3.02. The molecule has 1 aliphatic heterocycles. The number of carboxylic acids is 1. The van der Waals surface area contributed by atoms with Crippen LogP contribution in [0, 0.1) is 0 Å². The highest BCUT2D eigenvalue weighted by Gasteiger charge is 2.17. The van der Waals surface area contributed by atoms with Crippen LogP contribution in [0.25, 0.3) is 0 Å². The Morgan fingerprint density at radius 3 is 3.19 bits per heavy atom. The van der Waals surface area contributed by atoms with Crippen molar-refractivity contribution in [1.82, 2.24) is 4.98 Å². The fourth-order valence-electron chi connectivity index (χ4n) is 1.16. The molecule has 84 valence electrons. The van der Waals surface area contributed by atoms with E-state index in [4.69, 9.17) is 5.11 Å². The summed E-state index contributed by atoms with van der Waals surface area (Å²) < 4.78 is 0. The number of aliphatic carboxylic acids is 1. The van der Waals surface area contributed by atoms with E-state index >= 15 is 0 Å². The van der Waals surface area contributed by atoms with Crippen molar-refractivity contribution in [1.29, 1.82) is 0 Å². The molecule has 0 aromatic carbocycles. The standard InChI is InChI=1S/C9H8N2O3S2/c12-6-3-16-9-5(10-6)1-2-7(11-9)15-4-8(13)14/h1-2H,3-4H2,(H,10,12)(H,13,14). The van der Waals surface area contributed by atoms with Crippen LogP contribution in [-0.4, -0.2) is 33.5 Å². The molecule has 1 aromatic rings. The zero-order valence-electron chi connectivity index (χ0n) is 8.10. The van der Waals surface area contributed by atoms with Gasteiger partial charge in [-0.25, -0.2) is 4.98 Å². The van der Waals surface area contributed by atoms with E-state index in [0.717, 1.165) is 5.03 Å². The van der Waals surface area contributed by atoms with Gasteiger partial charge in [-0.05, 0) is 12.1 Å². The molecule has 0 unspecified atom stereocenters. The van der Waals surface area contributed by atoms with Gasteiger partial charge in [-0.15, -0.1) is 0 Å². The molecule has 0 aliphatic carbocycles. The minimum Gasteiger partial charge on any atom is -0.481 e. The molecular formula is C9H8N2O3S2. The quantitative estimate of drug-likeness (QED) is 0.794. The lowest BCUT2D eigenvalue weighted by atomic mass is 10.4. The Kier molecular flexibility index (Phi) is 3.35. The molecule has 0 saturated carbocycles. The maximum Gasteiger partial charge on any atom is 0.313 e. The van der Waals surface area contributed by atoms with Gasteiger partial charge in [-0.1, -0.05) is 23.5 Å². The summed E-state index contributed by atoms with van der Waals surface area (Å²) in [5, 5.41) is 12.6. The van der Waals surface area contributed by atoms with Crippen molar-refractivity contribution in [2.24, 2.45) is 0 Å². The third-order valence-corrected chi connectivity index (χ3v) is 3.70. The summed E-state index contributed by atoms with van der Waals surface area (Å²) in [6.07, 6.45) is 0. The van der Waals surface area contributed by atoms with Crippen molar-refractivity contribution >= 4 is 41.1 Å². The largest absolute Gasteiger partial charge is 0.481 e. The number of nitrogens with zero attached hydrogens (tertiary/aromatic N) is 1. The molecule has 0 bridgehead atoms. The van der Waals surface area contributed by atoms with E-state index in [-0.39, 0.29) is 11.7 Å². The molecule has 5 nitrogen and oxygen atoms in total. The molecule has 1 aliphatic rings. The lowest BCUT2D eigenvalue weighted by molar-refractivity contribution is -0.133. The number of carbonyl (C=O) groups is 2. The minimum atomic E-state index is -0.870. The van der Waals surface area contributed by atoms with Gasteiger partial charge in [0.2, 0.25) is 5.91 Å². The van der Waals surface area contributed by atoms with Gasteiger partial charge in [-0.3, -0.25) is 9.59 Å². The fourth-order valence-corrected chi connectivity index (χ4v) is 2.59. The van der Waals surface area contributed by atoms with Crippen molar-refractivity contribution in [2.45, 2.75) is 10.1 Å². The van der Waals surface area contributed by atoms with Crippen molar-refractivity contribution < 1.29 is 14.7 Å². The first-order valence-corrected chi connectivity index (χ1v) is 6.40. The predicted molar refractivity (Wildman–Crippen MR) is 62.0 cm³/mol. The molecular weight excluding hydrogens is 248 g/mol. The van der Waals surface area contributed by atoms with Gasteiger partial charge >= 0.3 is 5.97 Å². The summed E-state index contributed by atoms with van der Waals surface area (Å²) in [5.41, 5.74) is 0.695. The molecule has 0 atom stereocenters. The van der Waals surface area contributed by atoms with Crippen LogP contribution in [0.1, 0.15) is 0 Å². The Bertz CT molecular complexity index is 450. The van der Waals surface area contributed by atoms with Gasteiger partial charge in [0, 0.05) is 0 Å². The molecule has 2 rings (SSSR count). The fraction of sp³-hybridized carbons (Fsp3) is 0.222. The molecule has 16 heavy (non-hydrogen) atoms. The van der Waals surface area contributed by atoms with Crippen LogP contribution >= 0.6 is 23.5 Å². The van der Waals surface area contributed by atoms with Crippen molar-refractivity contribution in [3.63, 3.8) is 0 Å². The highest BCUT2D eigenvalue weighted by atomic mass is 32.2. The predicted octanol–water partition coefficient (Wildman–Crippen LogP) is 1.30. The van der Waals surface area contributed by atoms with Crippen molar-refractivity contribution in [3.8, 4) is 0 Å². The molecule has 1 aromatic heterocycles. The van der Waals surface area contributed by atoms with Gasteiger partial charge in [-0.2, -0.15) is 0 Å². The van der Waals surface area contributed by atoms with E-state index < -0.39 is 5.97 Å². The summed E-state index contributed by atoms with van der Waals surface area (Å²) in [6, 6.07) is 3.45. The Balaban J connectivity index is 2.13. The summed E-state index contributed by atoms with van der Waals surface area (Å²) >= 11 is 2.53. The number of rotatable bonds is 3. The summed E-state index contributed by atoms with van der Waals surface area (Å²) in [4.78, 5) is 25.7. The number of nitrogens with one attached hydrogen (secondary N) is 1. The SMILES string of the molecule is O=C(O)CSc1ccc2c(n1)SCC(=O)N2. The molecule has 2 heterocycles. The Morgan fingerprint density at radius 2 is 2.44 bits per heavy atom. The van der Waals surface area contributed by atoms with Crippen LogP contribution in [0.4, 0.5) is 5.69 Å². The molecule has 1 amide bonds. The lowest BCUT2D eigenvalue weighted by Gasteiger charge is -2.15. The summed E-state index contributed by atoms with van der Waals surface area (Å²) in [5.74, 6) is -0.564. The van der Waals surface area contributed by atoms with E-state index in [1.807, 2.05) is 0 Å². The van der Waals surface area contributed by atoms with Crippen LogP contribution < -0.4 is 5.32 Å². The maximum atomic E-state index is 11.1. The Labute approximate surface area is 100 Å². The third kappa shape index (κ3) is 2.67. The smallest absolute Gasteiger partial charge is 0.313 e. The van der Waals surface area contributed by atoms with Gasteiger partial charge in [0.25, 0.3) is 0 Å². The molecule has 7 heteroatoms. The van der Waals surface area contributed by atoms with E-state index in [9.17, 15) is 9.59 Å². The van der Waals surface area contributed by atoms with Gasteiger partial charge in [0.1, 0.15) is 5.03 Å². The van der Waals surface area contributed by atoms with Crippen LogP contribution in [0.3, 0.4) is 0 Å². The number of hydrogen-bond acceptors (Lipinski definition) is 5. The molecule has 2 N–H and O–H groups in total. The first-order chi connectivity index (χ1) is 7.65. The normalized spacial score (nSPS) is 14.1. The van der Waals surface area contributed by atoms with Crippen LogP contribution in [0.5, 0.6) is 0 Å². The summed E-state index contributed by atoms with van der Waals surface area (Å²) in [7, 11) is 0. The number of anilines is 1. The number of thioether (sulfide) groups is 2. The number of hydrogen-bond donors (Lipinski definition) is 2. The first kappa shape index (κ1) is 11.3. The molecule has 0 saturated heterocycles. The van der Waals surface area contributed by atoms with Crippen LogP contribution in [0.15, 0.2) is 22.2 Å². The Morgan fingerprint density at radius 1 is 1.62 bits per heavy atom. The molecule has 0 fully saturated rings. The lowest BCUT2D eigenvalue weighted by Crippen LogP contribution is -2.19. The highest BCUT2D eigenvalue weighted by Crippen LogP contribution is 2.31. The van der Waals surface area contributed by atoms with E-state index in [1.54, 1.807) is 12.1 Å². The number of pyridine rings is 1. The van der Waals surface area contributed by atoms with Gasteiger partial charge < -0.3 is 10.4 Å². The number of aromatic nitrogens is 1. The maximum absolute atomic E-state index is 11.1. The van der Waals surface area contributed by atoms with E-state index in [2.05, 4.69) is 10.3 Å². The Hall–Kier alpha value is -1.21. The zero-order chi connectivity index (χ0) is 11.5. The monoisotopic (exact) mass is 256 g/mol. The number of carboxylic acid groups (broad SMARTS) is 1. The van der Waals surface area contributed by atoms with Gasteiger partial charge in [0.15, 0.2) is 0 Å².